The first kappa shape index (κ1) is 37.0. The van der Waals surface area contributed by atoms with Crippen LogP contribution in [-0.2, 0) is 0 Å². The van der Waals surface area contributed by atoms with Gasteiger partial charge in [0.25, 0.3) is 0 Å². The Bertz CT molecular complexity index is 650. The van der Waals surface area contributed by atoms with Gasteiger partial charge in [0.2, 0.25) is 0 Å². The minimum atomic E-state index is -1.66. The first-order valence-corrected chi connectivity index (χ1v) is 24.8. The summed E-state index contributed by atoms with van der Waals surface area (Å²) >= 11 is 0. The molecule has 0 nitrogen and oxygen atoms in total. The minimum absolute atomic E-state index is 0. The van der Waals surface area contributed by atoms with Gasteiger partial charge in [0.05, 0.1) is 8.07 Å². The predicted octanol–water partition coefficient (Wildman–Crippen LogP) is 10.2. The molecule has 0 N–H and O–H groups in total. The normalized spacial score (nSPS) is 29.0. The molecular formula is C33H59Si3Sm+2. The Morgan fingerprint density at radius 2 is 1.24 bits per heavy atom. The van der Waals surface area contributed by atoms with Crippen molar-refractivity contribution < 1.29 is 40.4 Å². The Morgan fingerprint density at radius 1 is 0.757 bits per heavy atom. The van der Waals surface area contributed by atoms with Gasteiger partial charge in [0, 0.05) is 0 Å². The Hall–Kier alpha value is 1.99. The molecule has 4 heteroatoms. The number of hydrogen-bond acceptors (Lipinski definition) is 0. The van der Waals surface area contributed by atoms with E-state index in [2.05, 4.69) is 126 Å². The smallest absolute Gasteiger partial charge is 0.327 e. The summed E-state index contributed by atoms with van der Waals surface area (Å²) in [4.78, 5) is 0. The largest absolute Gasteiger partial charge is 3.00 e. The van der Waals surface area contributed by atoms with Crippen LogP contribution in [0.4, 0.5) is 0 Å². The van der Waals surface area contributed by atoms with Crippen LogP contribution in [0.2, 0.25) is 52.4 Å². The van der Waals surface area contributed by atoms with E-state index in [9.17, 15) is 0 Å². The Kier molecular flexibility index (Phi) is 14.4. The molecule has 207 valence electrons. The molecule has 3 rings (SSSR count). The second kappa shape index (κ2) is 14.4. The van der Waals surface area contributed by atoms with E-state index >= 15 is 0 Å². The minimum Gasteiger partial charge on any atom is -0.327 e. The van der Waals surface area contributed by atoms with Gasteiger partial charge >= 0.3 is 40.4 Å². The van der Waals surface area contributed by atoms with E-state index in [1.54, 1.807) is 28.8 Å². The molecule has 0 aromatic heterocycles. The summed E-state index contributed by atoms with van der Waals surface area (Å²) in [5.41, 5.74) is 5.97. The van der Waals surface area contributed by atoms with Crippen LogP contribution in [0.1, 0.15) is 67.7 Å². The summed E-state index contributed by atoms with van der Waals surface area (Å²) in [6.45, 7) is 36.2. The van der Waals surface area contributed by atoms with Crippen LogP contribution in [0, 0.1) is 130 Å². The van der Waals surface area contributed by atoms with Crippen molar-refractivity contribution >= 4 is 24.2 Å². The summed E-state index contributed by atoms with van der Waals surface area (Å²) in [6, 6.07) is 0. The molecule has 0 amide bonds. The zero-order valence-corrected chi connectivity index (χ0v) is 32.8. The molecule has 0 aromatic rings. The second-order valence-corrected chi connectivity index (χ2v) is 30.2. The van der Waals surface area contributed by atoms with E-state index in [0.717, 1.165) is 23.7 Å². The van der Waals surface area contributed by atoms with Crippen LogP contribution < -0.4 is 0 Å². The summed E-state index contributed by atoms with van der Waals surface area (Å²) < 4.78 is 0. The molecular weight excluding hydrogens is 631 g/mol. The van der Waals surface area contributed by atoms with Crippen LogP contribution in [-0.4, -0.2) is 24.2 Å². The van der Waals surface area contributed by atoms with Gasteiger partial charge in [-0.3, -0.25) is 0 Å². The van der Waals surface area contributed by atoms with E-state index in [1.165, 1.54) is 31.1 Å². The quantitative estimate of drug-likeness (QED) is 0.192. The van der Waals surface area contributed by atoms with E-state index in [-0.39, 0.29) is 40.4 Å². The zero-order valence-electron chi connectivity index (χ0n) is 27.1. The Morgan fingerprint density at radius 3 is 1.65 bits per heavy atom. The molecule has 3 fully saturated rings. The van der Waals surface area contributed by atoms with Gasteiger partial charge in [-0.2, -0.15) is 0 Å². The van der Waals surface area contributed by atoms with Crippen molar-refractivity contribution in [2.45, 2.75) is 120 Å². The van der Waals surface area contributed by atoms with Gasteiger partial charge in [-0.25, -0.2) is 0 Å². The molecule has 0 aromatic carbocycles. The van der Waals surface area contributed by atoms with Gasteiger partial charge in [0.15, 0.2) is 0 Å². The molecule has 11 radical (unpaired) electrons. The molecule has 0 unspecified atom stereocenters. The standard InChI is InChI=1S/C26H40Si.C7H19Si2.Sm/c1-16(2)24-13-10-17(3)14-25(24)22-11-12-23(15-22)27(8,9)26-20(6)18(4)19(5)21(26)7;1-8(2,3)7-9(4,5)6;/h11-12,15-17,24-25H,10,13-14H2,1-9H3;7H,1-6H3;/q;-1;+3/t17-,24+,25+;;/m1../s1. The fraction of sp³-hybridized carbons (Fsp3) is 0.667. The third kappa shape index (κ3) is 10.0. The van der Waals surface area contributed by atoms with Gasteiger partial charge in [-0.05, 0) is 96.4 Å². The molecule has 0 spiro atoms. The molecule has 3 aliphatic rings. The Balaban J connectivity index is 0.000000589. The second-order valence-electron chi connectivity index (χ2n) is 15.2. The van der Waals surface area contributed by atoms with Gasteiger partial charge in [-0.1, -0.05) is 107 Å². The van der Waals surface area contributed by atoms with Crippen molar-refractivity contribution in [1.29, 1.82) is 0 Å². The maximum absolute atomic E-state index is 2.65. The van der Waals surface area contributed by atoms with Crippen LogP contribution in [0.25, 0.3) is 0 Å². The van der Waals surface area contributed by atoms with Crippen molar-refractivity contribution in [1.82, 2.24) is 0 Å². The van der Waals surface area contributed by atoms with Gasteiger partial charge in [-0.15, -0.1) is 16.1 Å². The summed E-state index contributed by atoms with van der Waals surface area (Å²) in [7, 11) is -3.38. The van der Waals surface area contributed by atoms with E-state index in [4.69, 9.17) is 0 Å². The molecule has 0 heterocycles. The first-order valence-electron chi connectivity index (χ1n) is 14.6. The van der Waals surface area contributed by atoms with Crippen LogP contribution in [0.5, 0.6) is 0 Å². The maximum atomic E-state index is 2.65. The summed E-state index contributed by atoms with van der Waals surface area (Å²) in [5.74, 6) is 11.0. The monoisotopic (exact) mass is 691 g/mol. The molecule has 37 heavy (non-hydrogen) atoms. The topological polar surface area (TPSA) is 0 Å². The maximum Gasteiger partial charge on any atom is 3.00 e. The van der Waals surface area contributed by atoms with Crippen LogP contribution >= 0.6 is 0 Å². The van der Waals surface area contributed by atoms with Crippen molar-refractivity contribution in [3.05, 3.63) is 65.6 Å². The molecule has 3 saturated carbocycles. The fourth-order valence-corrected chi connectivity index (χ4v) is 21.2. The molecule has 3 aliphatic carbocycles. The zero-order chi connectivity index (χ0) is 27.8. The average Bonchev–Trinajstić information content (AvgIpc) is 3.27. The van der Waals surface area contributed by atoms with Crippen LogP contribution in [0.3, 0.4) is 0 Å². The third-order valence-electron chi connectivity index (χ3n) is 8.88. The number of rotatable bonds is 6. The van der Waals surface area contributed by atoms with Gasteiger partial charge < -0.3 is 5.67 Å². The third-order valence-corrected chi connectivity index (χ3v) is 19.6. The SMILES string of the molecule is C[C]1[C](C)[C](C)[C]([Si](C)(C)[C]2[CH][CH][C]([C@@H]3C[C@H](C)CC[C@H]3C(C)C)[CH]2)[C]1C.C[Si](C)(C)[CH-][Si](C)(C)C.[Sm+3]. The van der Waals surface area contributed by atoms with Crippen molar-refractivity contribution in [3.8, 4) is 0 Å². The first-order chi connectivity index (χ1) is 16.3. The van der Waals surface area contributed by atoms with Crippen molar-refractivity contribution in [3.63, 3.8) is 0 Å². The fourth-order valence-electron chi connectivity index (χ4n) is 7.27. The van der Waals surface area contributed by atoms with E-state index in [1.807, 2.05) is 0 Å². The molecule has 3 atom stereocenters. The average molecular weight is 690 g/mol. The van der Waals surface area contributed by atoms with Crippen LogP contribution in [0.15, 0.2) is 0 Å². The van der Waals surface area contributed by atoms with E-state index in [0.29, 0.717) is 0 Å². The molecule has 0 bridgehead atoms. The molecule has 0 saturated heterocycles. The van der Waals surface area contributed by atoms with Crippen molar-refractivity contribution in [2.24, 2.45) is 23.7 Å². The van der Waals surface area contributed by atoms with Crippen molar-refractivity contribution in [2.75, 3.05) is 0 Å². The summed E-state index contributed by atoms with van der Waals surface area (Å²) in [6.07, 6.45) is 11.8. The van der Waals surface area contributed by atoms with E-state index < -0.39 is 24.2 Å². The molecule has 0 aliphatic heterocycles. The van der Waals surface area contributed by atoms with Gasteiger partial charge in [0.1, 0.15) is 0 Å². The Labute approximate surface area is 271 Å². The predicted molar refractivity (Wildman–Crippen MR) is 172 cm³/mol. The number of hydrogen-bond donors (Lipinski definition) is 0. The summed E-state index contributed by atoms with van der Waals surface area (Å²) in [5, 5.41) is 0.